The first-order chi connectivity index (χ1) is 10.1. The fourth-order valence-electron chi connectivity index (χ4n) is 1.81. The van der Waals surface area contributed by atoms with E-state index in [1.54, 1.807) is 12.1 Å². The lowest BCUT2D eigenvalue weighted by Crippen LogP contribution is -2.41. The Hall–Kier alpha value is -2.82. The van der Waals surface area contributed by atoms with Crippen LogP contribution in [-0.2, 0) is 16.0 Å². The summed E-state index contributed by atoms with van der Waals surface area (Å²) in [7, 11) is 0. The maximum Gasteiger partial charge on any atom is 0.326 e. The summed E-state index contributed by atoms with van der Waals surface area (Å²) in [5.74, 6) is -1.02. The van der Waals surface area contributed by atoms with Gasteiger partial charge in [-0.3, -0.25) is 4.79 Å². The first-order valence-electron chi connectivity index (χ1n) is 6.44. The van der Waals surface area contributed by atoms with Crippen LogP contribution in [0.3, 0.4) is 0 Å². The van der Waals surface area contributed by atoms with Crippen molar-refractivity contribution in [3.63, 3.8) is 0 Å². The molecule has 108 valence electrons. The number of hydrogen-bond acceptors (Lipinski definition) is 3. The summed E-state index contributed by atoms with van der Waals surface area (Å²) in [6, 6.07) is 11.6. The SMILES string of the molecule is O=C(C=Cc1ccco1)NC(Cc1ccccc1)C(=O)O. The Bertz CT molecular complexity index is 617. The van der Waals surface area contributed by atoms with Crippen LogP contribution in [0.2, 0.25) is 0 Å². The van der Waals surface area contributed by atoms with Crippen LogP contribution in [0.5, 0.6) is 0 Å². The van der Waals surface area contributed by atoms with Crippen LogP contribution in [-0.4, -0.2) is 23.0 Å². The molecule has 1 atom stereocenters. The van der Waals surface area contributed by atoms with Crippen molar-refractivity contribution in [3.05, 3.63) is 66.1 Å². The number of nitrogens with one attached hydrogen (secondary N) is 1. The second-order valence-electron chi connectivity index (χ2n) is 4.44. The molecule has 0 fully saturated rings. The lowest BCUT2D eigenvalue weighted by atomic mass is 10.1. The van der Waals surface area contributed by atoms with Gasteiger partial charge in [-0.2, -0.15) is 0 Å². The van der Waals surface area contributed by atoms with Crippen molar-refractivity contribution in [1.82, 2.24) is 5.32 Å². The van der Waals surface area contributed by atoms with Crippen LogP contribution in [0.1, 0.15) is 11.3 Å². The predicted molar refractivity (Wildman–Crippen MR) is 77.5 cm³/mol. The number of amides is 1. The van der Waals surface area contributed by atoms with Gasteiger partial charge in [-0.05, 0) is 23.8 Å². The summed E-state index contributed by atoms with van der Waals surface area (Å²) in [5.41, 5.74) is 0.847. The van der Waals surface area contributed by atoms with E-state index in [0.717, 1.165) is 5.56 Å². The molecule has 0 aliphatic heterocycles. The normalized spacial score (nSPS) is 12.2. The Labute approximate surface area is 121 Å². The molecule has 21 heavy (non-hydrogen) atoms. The van der Waals surface area contributed by atoms with Gasteiger partial charge in [0, 0.05) is 12.5 Å². The van der Waals surface area contributed by atoms with Crippen LogP contribution in [0.25, 0.3) is 6.08 Å². The van der Waals surface area contributed by atoms with Gasteiger partial charge in [-0.25, -0.2) is 4.79 Å². The van der Waals surface area contributed by atoms with Gasteiger partial charge in [0.2, 0.25) is 5.91 Å². The van der Waals surface area contributed by atoms with E-state index < -0.39 is 17.9 Å². The van der Waals surface area contributed by atoms with E-state index in [9.17, 15) is 14.7 Å². The van der Waals surface area contributed by atoms with Crippen molar-refractivity contribution in [3.8, 4) is 0 Å². The van der Waals surface area contributed by atoms with E-state index >= 15 is 0 Å². The van der Waals surface area contributed by atoms with Crippen LogP contribution in [0.4, 0.5) is 0 Å². The number of furan rings is 1. The van der Waals surface area contributed by atoms with Gasteiger partial charge in [0.05, 0.1) is 6.26 Å². The van der Waals surface area contributed by atoms with Crippen molar-refractivity contribution in [2.75, 3.05) is 0 Å². The molecule has 5 heteroatoms. The monoisotopic (exact) mass is 285 g/mol. The molecular formula is C16H15NO4. The van der Waals surface area contributed by atoms with Gasteiger partial charge < -0.3 is 14.8 Å². The Morgan fingerprint density at radius 2 is 1.95 bits per heavy atom. The molecule has 1 amide bonds. The lowest BCUT2D eigenvalue weighted by Gasteiger charge is -2.13. The highest BCUT2D eigenvalue weighted by molar-refractivity contribution is 5.94. The highest BCUT2D eigenvalue weighted by Gasteiger charge is 2.19. The zero-order chi connectivity index (χ0) is 15.1. The molecule has 0 bridgehead atoms. The van der Waals surface area contributed by atoms with Crippen molar-refractivity contribution in [2.24, 2.45) is 0 Å². The van der Waals surface area contributed by atoms with E-state index in [0.29, 0.717) is 5.76 Å². The van der Waals surface area contributed by atoms with E-state index in [1.807, 2.05) is 30.3 Å². The molecule has 0 aliphatic rings. The van der Waals surface area contributed by atoms with Gasteiger partial charge in [-0.1, -0.05) is 30.3 Å². The first-order valence-corrected chi connectivity index (χ1v) is 6.44. The van der Waals surface area contributed by atoms with Gasteiger partial charge in [0.25, 0.3) is 0 Å². The third kappa shape index (κ3) is 4.65. The second-order valence-corrected chi connectivity index (χ2v) is 4.44. The zero-order valence-corrected chi connectivity index (χ0v) is 11.2. The predicted octanol–water partition coefficient (Wildman–Crippen LogP) is 2.10. The smallest absolute Gasteiger partial charge is 0.326 e. The second kappa shape index (κ2) is 7.09. The standard InChI is InChI=1S/C16H15NO4/c18-15(9-8-13-7-4-10-21-13)17-14(16(19)20)11-12-5-2-1-3-6-12/h1-10,14H,11H2,(H,17,18)(H,19,20). The topological polar surface area (TPSA) is 79.5 Å². The molecule has 2 rings (SSSR count). The Balaban J connectivity index is 1.96. The fraction of sp³-hybridized carbons (Fsp3) is 0.125. The van der Waals surface area contributed by atoms with Crippen LogP contribution in [0.15, 0.2) is 59.2 Å². The number of benzene rings is 1. The maximum absolute atomic E-state index is 11.7. The Morgan fingerprint density at radius 1 is 1.19 bits per heavy atom. The van der Waals surface area contributed by atoms with Crippen molar-refractivity contribution < 1.29 is 19.1 Å². The lowest BCUT2D eigenvalue weighted by molar-refractivity contribution is -0.141. The van der Waals surface area contributed by atoms with Gasteiger partial charge in [-0.15, -0.1) is 0 Å². The number of rotatable bonds is 6. The molecule has 0 saturated carbocycles. The van der Waals surface area contributed by atoms with Gasteiger partial charge in [0.1, 0.15) is 11.8 Å². The number of aliphatic carboxylic acids is 1. The molecule has 1 heterocycles. The molecule has 1 aromatic heterocycles. The molecule has 2 aromatic rings. The molecule has 0 aliphatic carbocycles. The quantitative estimate of drug-likeness (QED) is 0.797. The number of hydrogen-bond donors (Lipinski definition) is 2. The Morgan fingerprint density at radius 3 is 2.57 bits per heavy atom. The molecule has 0 saturated heterocycles. The average Bonchev–Trinajstić information content (AvgIpc) is 2.99. The van der Waals surface area contributed by atoms with E-state index in [1.165, 1.54) is 18.4 Å². The Kier molecular flexibility index (Phi) is 4.93. The van der Waals surface area contributed by atoms with Crippen LogP contribution >= 0.6 is 0 Å². The fourth-order valence-corrected chi connectivity index (χ4v) is 1.81. The van der Waals surface area contributed by atoms with Crippen molar-refractivity contribution in [1.29, 1.82) is 0 Å². The molecule has 1 unspecified atom stereocenters. The van der Waals surface area contributed by atoms with E-state index in [2.05, 4.69) is 5.32 Å². The maximum atomic E-state index is 11.7. The minimum absolute atomic E-state index is 0.233. The summed E-state index contributed by atoms with van der Waals surface area (Å²) < 4.78 is 5.05. The van der Waals surface area contributed by atoms with Crippen molar-refractivity contribution in [2.45, 2.75) is 12.5 Å². The average molecular weight is 285 g/mol. The summed E-state index contributed by atoms with van der Waals surface area (Å²) >= 11 is 0. The number of carboxylic acid groups (broad SMARTS) is 1. The van der Waals surface area contributed by atoms with E-state index in [-0.39, 0.29) is 6.42 Å². The number of carboxylic acids is 1. The molecule has 0 spiro atoms. The molecular weight excluding hydrogens is 270 g/mol. The molecule has 1 aromatic carbocycles. The molecule has 0 radical (unpaired) electrons. The van der Waals surface area contributed by atoms with Gasteiger partial charge in [0.15, 0.2) is 0 Å². The van der Waals surface area contributed by atoms with Crippen LogP contribution in [0, 0.1) is 0 Å². The highest BCUT2D eigenvalue weighted by atomic mass is 16.4. The van der Waals surface area contributed by atoms with E-state index in [4.69, 9.17) is 4.42 Å². The summed E-state index contributed by atoms with van der Waals surface area (Å²) in [6.07, 6.45) is 4.46. The number of carbonyl (C=O) groups is 2. The zero-order valence-electron chi connectivity index (χ0n) is 11.2. The highest BCUT2D eigenvalue weighted by Crippen LogP contribution is 2.05. The third-order valence-corrected chi connectivity index (χ3v) is 2.84. The minimum Gasteiger partial charge on any atom is -0.480 e. The van der Waals surface area contributed by atoms with Gasteiger partial charge >= 0.3 is 5.97 Å². The summed E-state index contributed by atoms with van der Waals surface area (Å²) in [6.45, 7) is 0. The third-order valence-electron chi connectivity index (χ3n) is 2.84. The minimum atomic E-state index is -1.07. The largest absolute Gasteiger partial charge is 0.480 e. The van der Waals surface area contributed by atoms with Crippen molar-refractivity contribution >= 4 is 18.0 Å². The molecule has 5 nitrogen and oxygen atoms in total. The summed E-state index contributed by atoms with van der Waals surface area (Å²) in [4.78, 5) is 23.0. The number of carbonyl (C=O) groups excluding carboxylic acids is 1. The first kappa shape index (κ1) is 14.6. The molecule has 2 N–H and O–H groups in total. The summed E-state index contributed by atoms with van der Waals surface area (Å²) in [5, 5.41) is 11.6. The van der Waals surface area contributed by atoms with Crippen LogP contribution < -0.4 is 5.32 Å².